The lowest BCUT2D eigenvalue weighted by Crippen LogP contribution is -2.32. The Kier molecular flexibility index (Phi) is 3.63. The normalized spacial score (nSPS) is 38.6. The van der Waals surface area contributed by atoms with E-state index in [-0.39, 0.29) is 0 Å². The first kappa shape index (κ1) is 12.4. The fourth-order valence-electron chi connectivity index (χ4n) is 4.10. The quantitative estimate of drug-likeness (QED) is 0.763. The highest BCUT2D eigenvalue weighted by Gasteiger charge is 2.58. The van der Waals surface area contributed by atoms with Crippen LogP contribution in [0, 0.1) is 23.2 Å². The second-order valence-electron chi connectivity index (χ2n) is 6.79. The monoisotopic (exact) mass is 223 g/mol. The van der Waals surface area contributed by atoms with Crippen molar-refractivity contribution in [2.45, 2.75) is 65.8 Å². The van der Waals surface area contributed by atoms with Gasteiger partial charge in [-0.25, -0.2) is 0 Å². The molecule has 2 aliphatic carbocycles. The van der Waals surface area contributed by atoms with Crippen LogP contribution in [0.25, 0.3) is 0 Å². The van der Waals surface area contributed by atoms with E-state index in [4.69, 9.17) is 0 Å². The molecule has 0 aliphatic heterocycles. The van der Waals surface area contributed by atoms with Crippen molar-refractivity contribution in [2.75, 3.05) is 6.54 Å². The van der Waals surface area contributed by atoms with Gasteiger partial charge in [-0.15, -0.1) is 0 Å². The van der Waals surface area contributed by atoms with Gasteiger partial charge in [0.1, 0.15) is 0 Å². The van der Waals surface area contributed by atoms with Gasteiger partial charge in [-0.2, -0.15) is 0 Å². The maximum atomic E-state index is 3.64. The lowest BCUT2D eigenvalue weighted by Gasteiger charge is -2.36. The van der Waals surface area contributed by atoms with Gasteiger partial charge in [0.25, 0.3) is 0 Å². The van der Waals surface area contributed by atoms with Crippen LogP contribution in [-0.2, 0) is 0 Å². The van der Waals surface area contributed by atoms with E-state index >= 15 is 0 Å². The summed E-state index contributed by atoms with van der Waals surface area (Å²) in [6.07, 6.45) is 7.49. The summed E-state index contributed by atoms with van der Waals surface area (Å²) in [5, 5.41) is 3.64. The van der Waals surface area contributed by atoms with E-state index in [1.165, 1.54) is 38.6 Å². The minimum Gasteiger partial charge on any atom is -0.314 e. The first-order valence-corrected chi connectivity index (χ1v) is 7.29. The van der Waals surface area contributed by atoms with Gasteiger partial charge < -0.3 is 5.32 Å². The standard InChI is InChI=1S/C15H29N/c1-11(2)14-7-5-6-8-15(14)9-13(15)10-16-12(3)4/h11-14,16H,5-10H2,1-4H3. The van der Waals surface area contributed by atoms with Gasteiger partial charge in [-0.1, -0.05) is 40.5 Å². The minimum atomic E-state index is 0.652. The summed E-state index contributed by atoms with van der Waals surface area (Å²) in [7, 11) is 0. The molecule has 3 unspecified atom stereocenters. The van der Waals surface area contributed by atoms with Crippen molar-refractivity contribution in [3.05, 3.63) is 0 Å². The van der Waals surface area contributed by atoms with Gasteiger partial charge in [-0.3, -0.25) is 0 Å². The molecule has 0 aromatic rings. The van der Waals surface area contributed by atoms with Crippen LogP contribution in [0.1, 0.15) is 59.8 Å². The van der Waals surface area contributed by atoms with Crippen LogP contribution < -0.4 is 5.32 Å². The van der Waals surface area contributed by atoms with E-state index in [0.29, 0.717) is 6.04 Å². The van der Waals surface area contributed by atoms with Crippen molar-refractivity contribution < 1.29 is 0 Å². The molecule has 0 amide bonds. The van der Waals surface area contributed by atoms with E-state index in [0.717, 1.165) is 23.2 Å². The van der Waals surface area contributed by atoms with Gasteiger partial charge >= 0.3 is 0 Å². The third-order valence-electron chi connectivity index (χ3n) is 5.00. The first-order chi connectivity index (χ1) is 7.56. The molecule has 0 aromatic heterocycles. The zero-order valence-electron chi connectivity index (χ0n) is 11.6. The summed E-state index contributed by atoms with van der Waals surface area (Å²) in [6.45, 7) is 10.7. The predicted molar refractivity (Wildman–Crippen MR) is 70.5 cm³/mol. The third-order valence-corrected chi connectivity index (χ3v) is 5.00. The smallest absolute Gasteiger partial charge is 0.00104 e. The van der Waals surface area contributed by atoms with Crippen LogP contribution in [0.5, 0.6) is 0 Å². The second kappa shape index (κ2) is 4.68. The Bertz CT molecular complexity index is 234. The molecule has 1 N–H and O–H groups in total. The van der Waals surface area contributed by atoms with Crippen LogP contribution in [0.4, 0.5) is 0 Å². The Morgan fingerprint density at radius 3 is 2.56 bits per heavy atom. The van der Waals surface area contributed by atoms with Crippen LogP contribution in [0.3, 0.4) is 0 Å². The average molecular weight is 223 g/mol. The predicted octanol–water partition coefficient (Wildman–Crippen LogP) is 3.84. The van der Waals surface area contributed by atoms with E-state index in [9.17, 15) is 0 Å². The first-order valence-electron chi connectivity index (χ1n) is 7.29. The van der Waals surface area contributed by atoms with E-state index in [1.54, 1.807) is 0 Å². The van der Waals surface area contributed by atoms with Crippen LogP contribution in [0.15, 0.2) is 0 Å². The van der Waals surface area contributed by atoms with Gasteiger partial charge in [0.15, 0.2) is 0 Å². The Balaban J connectivity index is 1.92. The summed E-state index contributed by atoms with van der Waals surface area (Å²) in [5.41, 5.74) is 0.758. The molecular formula is C15H29N. The Labute approximate surface area is 101 Å². The summed E-state index contributed by atoms with van der Waals surface area (Å²) in [4.78, 5) is 0. The topological polar surface area (TPSA) is 12.0 Å². The fraction of sp³-hybridized carbons (Fsp3) is 1.00. The van der Waals surface area contributed by atoms with Crippen LogP contribution >= 0.6 is 0 Å². The van der Waals surface area contributed by atoms with Crippen molar-refractivity contribution in [1.29, 1.82) is 0 Å². The van der Waals surface area contributed by atoms with Crippen molar-refractivity contribution in [2.24, 2.45) is 23.2 Å². The number of hydrogen-bond donors (Lipinski definition) is 1. The molecule has 2 rings (SSSR count). The molecule has 0 saturated heterocycles. The average Bonchev–Trinajstić information content (AvgIpc) is 2.89. The van der Waals surface area contributed by atoms with Crippen molar-refractivity contribution in [3.8, 4) is 0 Å². The molecule has 0 bridgehead atoms. The summed E-state index contributed by atoms with van der Waals surface area (Å²) in [6, 6.07) is 0.652. The molecule has 0 aromatic carbocycles. The molecule has 94 valence electrons. The molecule has 2 saturated carbocycles. The fourth-order valence-corrected chi connectivity index (χ4v) is 4.10. The molecule has 0 radical (unpaired) electrons. The lowest BCUT2D eigenvalue weighted by molar-refractivity contribution is 0.141. The SMILES string of the molecule is CC(C)NCC1CC12CCCCC2C(C)C. The molecule has 1 nitrogen and oxygen atoms in total. The second-order valence-corrected chi connectivity index (χ2v) is 6.79. The highest BCUT2D eigenvalue weighted by Crippen LogP contribution is 2.65. The molecule has 2 aliphatic rings. The van der Waals surface area contributed by atoms with Crippen molar-refractivity contribution in [3.63, 3.8) is 0 Å². The third kappa shape index (κ3) is 2.30. The summed E-state index contributed by atoms with van der Waals surface area (Å²) >= 11 is 0. The van der Waals surface area contributed by atoms with Crippen LogP contribution in [-0.4, -0.2) is 12.6 Å². The van der Waals surface area contributed by atoms with Gasteiger partial charge in [-0.05, 0) is 49.0 Å². The largest absolute Gasteiger partial charge is 0.314 e. The lowest BCUT2D eigenvalue weighted by atomic mass is 9.70. The van der Waals surface area contributed by atoms with Gasteiger partial charge in [0, 0.05) is 6.04 Å². The molecule has 1 heteroatoms. The molecule has 16 heavy (non-hydrogen) atoms. The van der Waals surface area contributed by atoms with E-state index in [1.807, 2.05) is 0 Å². The zero-order valence-corrected chi connectivity index (χ0v) is 11.6. The number of nitrogens with one attached hydrogen (secondary N) is 1. The van der Waals surface area contributed by atoms with E-state index in [2.05, 4.69) is 33.0 Å². The highest BCUT2D eigenvalue weighted by atomic mass is 14.9. The molecular weight excluding hydrogens is 194 g/mol. The van der Waals surface area contributed by atoms with Crippen molar-refractivity contribution in [1.82, 2.24) is 5.32 Å². The van der Waals surface area contributed by atoms with Crippen LogP contribution in [0.2, 0.25) is 0 Å². The Morgan fingerprint density at radius 2 is 1.94 bits per heavy atom. The molecule has 3 atom stereocenters. The molecule has 0 heterocycles. The van der Waals surface area contributed by atoms with Gasteiger partial charge in [0.2, 0.25) is 0 Å². The van der Waals surface area contributed by atoms with Crippen molar-refractivity contribution >= 4 is 0 Å². The van der Waals surface area contributed by atoms with Gasteiger partial charge in [0.05, 0.1) is 0 Å². The maximum Gasteiger partial charge on any atom is 0.00104 e. The highest BCUT2D eigenvalue weighted by molar-refractivity contribution is 5.08. The molecule has 2 fully saturated rings. The zero-order chi connectivity index (χ0) is 11.8. The minimum absolute atomic E-state index is 0.652. The van der Waals surface area contributed by atoms with E-state index < -0.39 is 0 Å². The summed E-state index contributed by atoms with van der Waals surface area (Å²) < 4.78 is 0. The Hall–Kier alpha value is -0.0400. The Morgan fingerprint density at radius 1 is 1.19 bits per heavy atom. The molecule has 1 spiro atoms. The number of rotatable bonds is 4. The number of hydrogen-bond acceptors (Lipinski definition) is 1. The maximum absolute atomic E-state index is 3.64. The summed E-state index contributed by atoms with van der Waals surface area (Å²) in [5.74, 6) is 2.90.